The van der Waals surface area contributed by atoms with Gasteiger partial charge in [-0.2, -0.15) is 0 Å². The van der Waals surface area contributed by atoms with Gasteiger partial charge in [0.1, 0.15) is 11.6 Å². The van der Waals surface area contributed by atoms with Crippen LogP contribution in [0.25, 0.3) is 0 Å². The van der Waals surface area contributed by atoms with E-state index in [2.05, 4.69) is 16.7 Å². The molecule has 1 aliphatic rings. The quantitative estimate of drug-likeness (QED) is 0.818. The Labute approximate surface area is 110 Å². The molecular weight excluding hydrogens is 250 g/mol. The van der Waals surface area contributed by atoms with Crippen LogP contribution in [0.15, 0.2) is 29.8 Å². The third-order valence-electron chi connectivity index (χ3n) is 3.01. The first-order valence-corrected chi connectivity index (χ1v) is 6.28. The highest BCUT2D eigenvalue weighted by molar-refractivity contribution is 5.94. The molecule has 1 amide bonds. The Balaban J connectivity index is 1.85. The number of benzene rings is 1. The van der Waals surface area contributed by atoms with Gasteiger partial charge in [-0.1, -0.05) is 11.6 Å². The summed E-state index contributed by atoms with van der Waals surface area (Å²) >= 11 is 0. The summed E-state index contributed by atoms with van der Waals surface area (Å²) in [7, 11) is 0. The summed E-state index contributed by atoms with van der Waals surface area (Å²) in [4.78, 5) is 11.7. The molecule has 0 saturated carbocycles. The molecule has 2 N–H and O–H groups in total. The van der Waals surface area contributed by atoms with Gasteiger partial charge in [0.2, 0.25) is 0 Å². The zero-order chi connectivity index (χ0) is 13.7. The highest BCUT2D eigenvalue weighted by atomic mass is 19.1. The van der Waals surface area contributed by atoms with Crippen molar-refractivity contribution in [2.24, 2.45) is 0 Å². The van der Waals surface area contributed by atoms with Gasteiger partial charge in [-0.3, -0.25) is 4.79 Å². The highest BCUT2D eigenvalue weighted by Crippen LogP contribution is 2.10. The molecule has 0 fully saturated rings. The van der Waals surface area contributed by atoms with Gasteiger partial charge in [-0.15, -0.1) is 0 Å². The molecule has 5 heteroatoms. The van der Waals surface area contributed by atoms with Crippen LogP contribution >= 0.6 is 0 Å². The average Bonchev–Trinajstić information content (AvgIpc) is 2.38. The number of halogens is 2. The first kappa shape index (κ1) is 13.7. The molecule has 1 aliphatic heterocycles. The van der Waals surface area contributed by atoms with Crippen molar-refractivity contribution in [3.05, 3.63) is 47.0 Å². The molecule has 1 heterocycles. The van der Waals surface area contributed by atoms with E-state index in [0.717, 1.165) is 44.1 Å². The Morgan fingerprint density at radius 2 is 2.00 bits per heavy atom. The van der Waals surface area contributed by atoms with Crippen LogP contribution < -0.4 is 10.6 Å². The third kappa shape index (κ3) is 4.13. The summed E-state index contributed by atoms with van der Waals surface area (Å²) in [6, 6.07) is 2.81. The first-order chi connectivity index (χ1) is 9.15. The molecule has 102 valence electrons. The van der Waals surface area contributed by atoms with E-state index in [9.17, 15) is 13.6 Å². The smallest absolute Gasteiger partial charge is 0.251 e. The second kappa shape index (κ2) is 6.43. The predicted molar refractivity (Wildman–Crippen MR) is 68.9 cm³/mol. The topological polar surface area (TPSA) is 41.1 Å². The Morgan fingerprint density at radius 3 is 2.63 bits per heavy atom. The van der Waals surface area contributed by atoms with Gasteiger partial charge in [0, 0.05) is 24.7 Å². The normalized spacial score (nSPS) is 14.9. The zero-order valence-corrected chi connectivity index (χ0v) is 10.5. The van der Waals surface area contributed by atoms with Crippen molar-refractivity contribution in [2.45, 2.75) is 12.8 Å². The molecule has 0 saturated heterocycles. The third-order valence-corrected chi connectivity index (χ3v) is 3.01. The maximum absolute atomic E-state index is 13.0. The molecular formula is C14H16F2N2O. The average molecular weight is 266 g/mol. The second-order valence-corrected chi connectivity index (χ2v) is 4.48. The summed E-state index contributed by atoms with van der Waals surface area (Å²) in [6.07, 6.45) is 3.85. The molecule has 0 aliphatic carbocycles. The standard InChI is InChI=1S/C14H16F2N2O/c15-12-7-11(8-13(16)9-12)14(19)18-6-3-10-1-4-17-5-2-10/h1,7-9,17H,2-6H2,(H,18,19). The minimum atomic E-state index is -0.744. The second-order valence-electron chi connectivity index (χ2n) is 4.48. The Morgan fingerprint density at radius 1 is 1.26 bits per heavy atom. The Hall–Kier alpha value is -1.75. The molecule has 0 aromatic heterocycles. The number of carbonyl (C=O) groups excluding carboxylic acids is 1. The fourth-order valence-corrected chi connectivity index (χ4v) is 2.02. The first-order valence-electron chi connectivity index (χ1n) is 6.28. The lowest BCUT2D eigenvalue weighted by Crippen LogP contribution is -2.26. The minimum absolute atomic E-state index is 0.0109. The van der Waals surface area contributed by atoms with Crippen LogP contribution in [0.2, 0.25) is 0 Å². The molecule has 2 rings (SSSR count). The van der Waals surface area contributed by atoms with E-state index in [4.69, 9.17) is 0 Å². The van der Waals surface area contributed by atoms with Crippen molar-refractivity contribution in [2.75, 3.05) is 19.6 Å². The van der Waals surface area contributed by atoms with Crippen LogP contribution in [-0.2, 0) is 0 Å². The van der Waals surface area contributed by atoms with E-state index < -0.39 is 17.5 Å². The van der Waals surface area contributed by atoms with Gasteiger partial charge >= 0.3 is 0 Å². The molecule has 0 atom stereocenters. The molecule has 3 nitrogen and oxygen atoms in total. The van der Waals surface area contributed by atoms with E-state index in [1.807, 2.05) is 0 Å². The van der Waals surface area contributed by atoms with Gasteiger partial charge in [0.15, 0.2) is 0 Å². The number of carbonyl (C=O) groups is 1. The van der Waals surface area contributed by atoms with Crippen molar-refractivity contribution in [3.63, 3.8) is 0 Å². The Bertz CT molecular complexity index is 480. The van der Waals surface area contributed by atoms with Gasteiger partial charge in [0.25, 0.3) is 5.91 Å². The van der Waals surface area contributed by atoms with Crippen LogP contribution in [0.4, 0.5) is 8.78 Å². The van der Waals surface area contributed by atoms with Crippen LogP contribution in [-0.4, -0.2) is 25.5 Å². The fraction of sp³-hybridized carbons (Fsp3) is 0.357. The molecule has 0 bridgehead atoms. The van der Waals surface area contributed by atoms with Crippen LogP contribution in [0, 0.1) is 11.6 Å². The van der Waals surface area contributed by atoms with Crippen molar-refractivity contribution in [3.8, 4) is 0 Å². The van der Waals surface area contributed by atoms with Crippen molar-refractivity contribution >= 4 is 5.91 Å². The lowest BCUT2D eigenvalue weighted by molar-refractivity contribution is 0.0953. The monoisotopic (exact) mass is 266 g/mol. The zero-order valence-electron chi connectivity index (χ0n) is 10.5. The number of hydrogen-bond acceptors (Lipinski definition) is 2. The van der Waals surface area contributed by atoms with E-state index in [-0.39, 0.29) is 5.56 Å². The van der Waals surface area contributed by atoms with Gasteiger partial charge in [-0.25, -0.2) is 8.78 Å². The molecule has 1 aromatic rings. The van der Waals surface area contributed by atoms with Crippen LogP contribution in [0.1, 0.15) is 23.2 Å². The fourth-order valence-electron chi connectivity index (χ4n) is 2.02. The molecule has 1 aromatic carbocycles. The van der Waals surface area contributed by atoms with Crippen molar-refractivity contribution < 1.29 is 13.6 Å². The number of amides is 1. The maximum Gasteiger partial charge on any atom is 0.251 e. The summed E-state index contributed by atoms with van der Waals surface area (Å²) in [5.74, 6) is -1.94. The van der Waals surface area contributed by atoms with E-state index in [1.165, 1.54) is 5.57 Å². The number of rotatable bonds is 4. The van der Waals surface area contributed by atoms with Crippen molar-refractivity contribution in [1.82, 2.24) is 10.6 Å². The SMILES string of the molecule is O=C(NCCC1=CCNCC1)c1cc(F)cc(F)c1. The van der Waals surface area contributed by atoms with Gasteiger partial charge in [0.05, 0.1) is 0 Å². The van der Waals surface area contributed by atoms with Crippen molar-refractivity contribution in [1.29, 1.82) is 0 Å². The maximum atomic E-state index is 13.0. The largest absolute Gasteiger partial charge is 0.352 e. The summed E-state index contributed by atoms with van der Waals surface area (Å²) in [6.45, 7) is 2.29. The van der Waals surface area contributed by atoms with Gasteiger partial charge < -0.3 is 10.6 Å². The summed E-state index contributed by atoms with van der Waals surface area (Å²) in [5.41, 5.74) is 1.31. The summed E-state index contributed by atoms with van der Waals surface area (Å²) in [5, 5.41) is 5.87. The number of hydrogen-bond donors (Lipinski definition) is 2. The summed E-state index contributed by atoms with van der Waals surface area (Å²) < 4.78 is 25.9. The molecule has 0 spiro atoms. The minimum Gasteiger partial charge on any atom is -0.352 e. The van der Waals surface area contributed by atoms with E-state index >= 15 is 0 Å². The lowest BCUT2D eigenvalue weighted by Gasteiger charge is -2.14. The Kier molecular flexibility index (Phi) is 4.63. The van der Waals surface area contributed by atoms with Crippen LogP contribution in [0.3, 0.4) is 0 Å². The van der Waals surface area contributed by atoms with Crippen LogP contribution in [0.5, 0.6) is 0 Å². The molecule has 19 heavy (non-hydrogen) atoms. The molecule has 0 unspecified atom stereocenters. The van der Waals surface area contributed by atoms with E-state index in [1.54, 1.807) is 0 Å². The lowest BCUT2D eigenvalue weighted by atomic mass is 10.1. The molecule has 0 radical (unpaired) electrons. The number of nitrogens with one attached hydrogen (secondary N) is 2. The van der Waals surface area contributed by atoms with Gasteiger partial charge in [-0.05, 0) is 31.5 Å². The predicted octanol–water partition coefficient (Wildman–Crippen LogP) is 2.00. The highest BCUT2D eigenvalue weighted by Gasteiger charge is 2.09. The van der Waals surface area contributed by atoms with E-state index in [0.29, 0.717) is 6.54 Å².